The molecule has 4 rings (SSSR count). The highest BCUT2D eigenvalue weighted by molar-refractivity contribution is 5.70. The van der Waals surface area contributed by atoms with Crippen LogP contribution in [0.3, 0.4) is 0 Å². The number of carboxylic acids is 1. The predicted molar refractivity (Wildman–Crippen MR) is 134 cm³/mol. The molecule has 0 unspecified atom stereocenters. The molecule has 178 valence electrons. The Kier molecular flexibility index (Phi) is 7.46. The average molecular weight is 449 g/mol. The molecule has 2 aromatic carbocycles. The van der Waals surface area contributed by atoms with Gasteiger partial charge in [0.15, 0.2) is 0 Å². The van der Waals surface area contributed by atoms with Crippen molar-refractivity contribution in [3.8, 4) is 16.9 Å². The third kappa shape index (κ3) is 6.40. The number of hydrogen-bond acceptors (Lipinski definition) is 2. The molecule has 2 aliphatic carbocycles. The molecule has 33 heavy (non-hydrogen) atoms. The number of benzene rings is 2. The number of rotatable bonds is 7. The van der Waals surface area contributed by atoms with Crippen LogP contribution in [-0.2, 0) is 11.2 Å². The van der Waals surface area contributed by atoms with Gasteiger partial charge in [0.1, 0.15) is 5.75 Å². The van der Waals surface area contributed by atoms with Crippen LogP contribution in [0.5, 0.6) is 5.75 Å². The molecule has 2 atom stereocenters. The van der Waals surface area contributed by atoms with Gasteiger partial charge in [0.25, 0.3) is 0 Å². The van der Waals surface area contributed by atoms with Crippen LogP contribution in [0.25, 0.3) is 11.1 Å². The van der Waals surface area contributed by atoms with Gasteiger partial charge in [-0.2, -0.15) is 0 Å². The Morgan fingerprint density at radius 2 is 1.67 bits per heavy atom. The van der Waals surface area contributed by atoms with Gasteiger partial charge in [-0.25, -0.2) is 0 Å². The van der Waals surface area contributed by atoms with Crippen LogP contribution in [0.1, 0.15) is 77.7 Å². The van der Waals surface area contributed by atoms with Crippen molar-refractivity contribution in [2.45, 2.75) is 84.7 Å². The van der Waals surface area contributed by atoms with E-state index in [1.165, 1.54) is 29.5 Å². The van der Waals surface area contributed by atoms with Gasteiger partial charge in [0, 0.05) is 0 Å². The zero-order valence-corrected chi connectivity index (χ0v) is 20.6. The van der Waals surface area contributed by atoms with Crippen molar-refractivity contribution in [3.63, 3.8) is 0 Å². The first kappa shape index (κ1) is 23.9. The topological polar surface area (TPSA) is 46.5 Å². The van der Waals surface area contributed by atoms with E-state index in [1.807, 2.05) is 0 Å². The molecule has 0 spiro atoms. The zero-order valence-electron chi connectivity index (χ0n) is 20.6. The van der Waals surface area contributed by atoms with E-state index in [2.05, 4.69) is 69.3 Å². The molecule has 2 saturated carbocycles. The Morgan fingerprint density at radius 1 is 0.939 bits per heavy atom. The summed E-state index contributed by atoms with van der Waals surface area (Å²) in [4.78, 5) is 11.2. The van der Waals surface area contributed by atoms with Crippen LogP contribution in [0.15, 0.2) is 48.5 Å². The third-order valence-corrected chi connectivity index (χ3v) is 8.05. The summed E-state index contributed by atoms with van der Waals surface area (Å²) in [7, 11) is 0. The van der Waals surface area contributed by atoms with Gasteiger partial charge in [-0.15, -0.1) is 0 Å². The van der Waals surface area contributed by atoms with Gasteiger partial charge < -0.3 is 9.84 Å². The van der Waals surface area contributed by atoms with Crippen molar-refractivity contribution >= 4 is 5.97 Å². The summed E-state index contributed by atoms with van der Waals surface area (Å²) in [5, 5.41) is 9.22. The Balaban J connectivity index is 1.30. The van der Waals surface area contributed by atoms with E-state index in [0.29, 0.717) is 17.4 Å². The minimum atomic E-state index is -0.621. The SMILES string of the molecule is CC(C)(C)C1CCC(Oc2ccc(-c3cccc(CC[C@H]4CC[C@@H](C(=O)O)C4)c3)cc2)CC1. The molecular formula is C30H40O3. The number of hydrogen-bond donors (Lipinski definition) is 1. The van der Waals surface area contributed by atoms with Crippen LogP contribution < -0.4 is 4.74 Å². The summed E-state index contributed by atoms with van der Waals surface area (Å²) < 4.78 is 6.31. The largest absolute Gasteiger partial charge is 0.490 e. The maximum atomic E-state index is 11.2. The number of carbonyl (C=O) groups is 1. The fraction of sp³-hybridized carbons (Fsp3) is 0.567. The Bertz CT molecular complexity index is 916. The number of carboxylic acid groups (broad SMARTS) is 1. The molecule has 3 nitrogen and oxygen atoms in total. The predicted octanol–water partition coefficient (Wildman–Crippen LogP) is 7.77. The van der Waals surface area contributed by atoms with Gasteiger partial charge in [-0.05, 0) is 104 Å². The van der Waals surface area contributed by atoms with Crippen molar-refractivity contribution in [1.82, 2.24) is 0 Å². The smallest absolute Gasteiger partial charge is 0.306 e. The summed E-state index contributed by atoms with van der Waals surface area (Å²) in [6.07, 6.45) is 10.00. The second-order valence-corrected chi connectivity index (χ2v) is 11.4. The molecule has 0 radical (unpaired) electrons. The summed E-state index contributed by atoms with van der Waals surface area (Å²) in [6.45, 7) is 7.07. The van der Waals surface area contributed by atoms with E-state index >= 15 is 0 Å². The van der Waals surface area contributed by atoms with E-state index in [1.54, 1.807) is 0 Å². The highest BCUT2D eigenvalue weighted by Crippen LogP contribution is 2.39. The van der Waals surface area contributed by atoms with E-state index in [9.17, 15) is 9.90 Å². The van der Waals surface area contributed by atoms with Gasteiger partial charge >= 0.3 is 5.97 Å². The minimum Gasteiger partial charge on any atom is -0.490 e. The molecule has 0 bridgehead atoms. The van der Waals surface area contributed by atoms with Crippen LogP contribution in [-0.4, -0.2) is 17.2 Å². The lowest BCUT2D eigenvalue weighted by molar-refractivity contribution is -0.141. The number of ether oxygens (including phenoxy) is 1. The second kappa shape index (κ2) is 10.3. The van der Waals surface area contributed by atoms with Crippen LogP contribution in [0.4, 0.5) is 0 Å². The van der Waals surface area contributed by atoms with Crippen molar-refractivity contribution in [1.29, 1.82) is 0 Å². The maximum absolute atomic E-state index is 11.2. The van der Waals surface area contributed by atoms with E-state index in [4.69, 9.17) is 4.74 Å². The van der Waals surface area contributed by atoms with Crippen molar-refractivity contribution in [3.05, 3.63) is 54.1 Å². The summed E-state index contributed by atoms with van der Waals surface area (Å²) in [5.41, 5.74) is 4.19. The maximum Gasteiger partial charge on any atom is 0.306 e. The zero-order chi connectivity index (χ0) is 23.4. The first-order valence-corrected chi connectivity index (χ1v) is 12.9. The summed E-state index contributed by atoms with van der Waals surface area (Å²) >= 11 is 0. The molecule has 3 heteroatoms. The third-order valence-electron chi connectivity index (χ3n) is 8.05. The lowest BCUT2D eigenvalue weighted by Gasteiger charge is -2.36. The second-order valence-electron chi connectivity index (χ2n) is 11.4. The molecule has 0 heterocycles. The normalized spacial score (nSPS) is 25.7. The molecule has 1 N–H and O–H groups in total. The van der Waals surface area contributed by atoms with E-state index in [0.717, 1.165) is 56.6 Å². The first-order chi connectivity index (χ1) is 15.8. The highest BCUT2D eigenvalue weighted by Gasteiger charge is 2.31. The summed E-state index contributed by atoms with van der Waals surface area (Å²) in [6, 6.07) is 17.4. The van der Waals surface area contributed by atoms with Crippen molar-refractivity contribution in [2.75, 3.05) is 0 Å². The Morgan fingerprint density at radius 3 is 2.30 bits per heavy atom. The fourth-order valence-electron chi connectivity index (χ4n) is 5.80. The minimum absolute atomic E-state index is 0.129. The van der Waals surface area contributed by atoms with Crippen LogP contribution in [0.2, 0.25) is 0 Å². The molecular weight excluding hydrogens is 408 g/mol. The fourth-order valence-corrected chi connectivity index (χ4v) is 5.80. The first-order valence-electron chi connectivity index (χ1n) is 12.9. The molecule has 0 amide bonds. The van der Waals surface area contributed by atoms with Crippen LogP contribution >= 0.6 is 0 Å². The Hall–Kier alpha value is -2.29. The molecule has 2 aromatic rings. The quantitative estimate of drug-likeness (QED) is 0.470. The monoisotopic (exact) mass is 448 g/mol. The van der Waals surface area contributed by atoms with Gasteiger partial charge in [0.05, 0.1) is 12.0 Å². The molecule has 0 aromatic heterocycles. The molecule has 0 aliphatic heterocycles. The van der Waals surface area contributed by atoms with Gasteiger partial charge in [0.2, 0.25) is 0 Å². The van der Waals surface area contributed by atoms with Gasteiger partial charge in [-0.1, -0.05) is 57.2 Å². The average Bonchev–Trinajstić information content (AvgIpc) is 3.28. The standard InChI is InChI=1S/C30H40O3/c1-30(2,3)26-13-17-28(18-14-26)33-27-15-11-23(12-16-27)24-6-4-5-21(19-24)7-8-22-9-10-25(20-22)29(31)32/h4-6,11-12,15-16,19,22,25-26,28H,7-10,13-14,17-18,20H2,1-3H3,(H,31,32)/t22-,25+,26?,28?/m0/s1. The highest BCUT2D eigenvalue weighted by atomic mass is 16.5. The molecule has 0 saturated heterocycles. The van der Waals surface area contributed by atoms with Crippen LogP contribution in [0, 0.1) is 23.2 Å². The number of aryl methyl sites for hydroxylation is 1. The number of aliphatic carboxylic acids is 1. The lowest BCUT2D eigenvalue weighted by atomic mass is 9.72. The van der Waals surface area contributed by atoms with Crippen molar-refractivity contribution in [2.24, 2.45) is 23.2 Å². The summed E-state index contributed by atoms with van der Waals surface area (Å²) in [5.74, 6) is 1.58. The lowest BCUT2D eigenvalue weighted by Crippen LogP contribution is -2.30. The molecule has 2 fully saturated rings. The molecule has 2 aliphatic rings. The van der Waals surface area contributed by atoms with E-state index < -0.39 is 5.97 Å². The van der Waals surface area contributed by atoms with E-state index in [-0.39, 0.29) is 5.92 Å². The van der Waals surface area contributed by atoms with Gasteiger partial charge in [-0.3, -0.25) is 4.79 Å². The Labute approximate surface area is 199 Å². The van der Waals surface area contributed by atoms with Crippen molar-refractivity contribution < 1.29 is 14.6 Å².